The molecule has 32 heavy (non-hydrogen) atoms. The number of nitrogens with zero attached hydrogens (tertiary/aromatic N) is 5. The third-order valence-corrected chi connectivity index (χ3v) is 5.24. The number of nitrogens with one attached hydrogen (secondary N) is 1. The van der Waals surface area contributed by atoms with Gasteiger partial charge in [0.25, 0.3) is 5.88 Å². The minimum atomic E-state index is -0.589. The van der Waals surface area contributed by atoms with Crippen molar-refractivity contribution in [3.05, 3.63) is 66.0 Å². The summed E-state index contributed by atoms with van der Waals surface area (Å²) in [7, 11) is 0. The minimum absolute atomic E-state index is 0.315. The van der Waals surface area contributed by atoms with Crippen molar-refractivity contribution < 1.29 is 13.9 Å². The van der Waals surface area contributed by atoms with Crippen LogP contribution >= 0.6 is 0 Å². The van der Waals surface area contributed by atoms with E-state index in [1.165, 1.54) is 12.1 Å². The Balaban J connectivity index is 1.80. The highest BCUT2D eigenvalue weighted by Crippen LogP contribution is 2.35. The number of halogens is 1. The molecule has 0 saturated heterocycles. The number of imidazole rings is 1. The maximum Gasteiger partial charge on any atom is 0.259 e. The number of ether oxygens (including phenoxy) is 1. The second kappa shape index (κ2) is 8.70. The predicted octanol–water partition coefficient (Wildman–Crippen LogP) is 4.01. The van der Waals surface area contributed by atoms with E-state index in [4.69, 9.17) is 4.74 Å². The van der Waals surface area contributed by atoms with Crippen LogP contribution in [0.5, 0.6) is 5.88 Å². The van der Waals surface area contributed by atoms with Gasteiger partial charge in [0.15, 0.2) is 5.82 Å². The maximum absolute atomic E-state index is 13.4. The summed E-state index contributed by atoms with van der Waals surface area (Å²) in [5.41, 5.74) is 2.03. The lowest BCUT2D eigenvalue weighted by atomic mass is 9.79. The molecule has 1 amide bonds. The van der Waals surface area contributed by atoms with Gasteiger partial charge in [-0.1, -0.05) is 32.9 Å². The van der Waals surface area contributed by atoms with Gasteiger partial charge in [-0.3, -0.25) is 4.79 Å². The fraction of sp³-hybridized carbons (Fsp3) is 0.261. The van der Waals surface area contributed by atoms with Gasteiger partial charge < -0.3 is 14.5 Å². The molecular formula is C23H23FN6O2. The monoisotopic (exact) mass is 434 g/mol. The molecule has 0 aliphatic carbocycles. The van der Waals surface area contributed by atoms with Gasteiger partial charge in [0.05, 0.1) is 6.61 Å². The number of amides is 1. The van der Waals surface area contributed by atoms with Crippen LogP contribution in [-0.2, 0) is 10.2 Å². The van der Waals surface area contributed by atoms with E-state index < -0.39 is 5.41 Å². The summed E-state index contributed by atoms with van der Waals surface area (Å²) in [5.74, 6) is 0.746. The number of hydrogen-bond donors (Lipinski definition) is 1. The molecule has 0 atom stereocenters. The molecule has 0 fully saturated rings. The van der Waals surface area contributed by atoms with Gasteiger partial charge in [-0.15, -0.1) is 0 Å². The molecule has 3 aromatic heterocycles. The molecule has 164 valence electrons. The van der Waals surface area contributed by atoms with Crippen LogP contribution in [0.2, 0.25) is 0 Å². The highest BCUT2D eigenvalue weighted by molar-refractivity contribution is 5.73. The smallest absolute Gasteiger partial charge is 0.259 e. The van der Waals surface area contributed by atoms with Gasteiger partial charge in [0.2, 0.25) is 12.1 Å². The number of hydrogen-bond acceptors (Lipinski definition) is 6. The number of carbonyl (C=O) groups excluding carboxylic acids is 1. The Kier molecular flexibility index (Phi) is 5.81. The van der Waals surface area contributed by atoms with Gasteiger partial charge in [0, 0.05) is 35.8 Å². The Morgan fingerprint density at radius 1 is 1.19 bits per heavy atom. The van der Waals surface area contributed by atoms with Crippen LogP contribution in [0.15, 0.2) is 49.1 Å². The fourth-order valence-electron chi connectivity index (χ4n) is 3.46. The van der Waals surface area contributed by atoms with Gasteiger partial charge >= 0.3 is 0 Å². The first-order chi connectivity index (χ1) is 15.4. The van der Waals surface area contributed by atoms with Crippen molar-refractivity contribution in [1.82, 2.24) is 24.3 Å². The van der Waals surface area contributed by atoms with Gasteiger partial charge in [-0.25, -0.2) is 24.3 Å². The van der Waals surface area contributed by atoms with E-state index in [0.717, 1.165) is 12.0 Å². The topological polar surface area (TPSA) is 94.3 Å². The molecule has 0 unspecified atom stereocenters. The van der Waals surface area contributed by atoms with Crippen LogP contribution in [0.4, 0.5) is 10.2 Å². The average molecular weight is 434 g/mol. The van der Waals surface area contributed by atoms with E-state index in [1.807, 2.05) is 20.8 Å². The summed E-state index contributed by atoms with van der Waals surface area (Å²) in [6, 6.07) is 6.22. The zero-order valence-corrected chi connectivity index (χ0v) is 18.0. The molecule has 0 saturated carbocycles. The summed E-state index contributed by atoms with van der Waals surface area (Å²) >= 11 is 0. The van der Waals surface area contributed by atoms with Crippen molar-refractivity contribution in [2.45, 2.75) is 32.6 Å². The van der Waals surface area contributed by atoms with E-state index in [1.54, 1.807) is 41.3 Å². The standard InChI is InChI=1S/C23H23FN6O2/c1-4-11-32-22-21-25-9-10-30(21)13-18(28-22)20-26-12-17(19(29-20)27-14-31)23(2,3)15-5-7-16(24)8-6-15/h5-10,12-14H,4,11H2,1-3H3,(H,26,27,29,31). The van der Waals surface area contributed by atoms with E-state index >= 15 is 0 Å². The SMILES string of the molecule is CCCOc1nc(-c2ncc(C(C)(C)c3ccc(F)cc3)c(NC=O)n2)cn2ccnc12. The number of fused-ring (bicyclic) bond motifs is 1. The molecule has 8 nitrogen and oxygen atoms in total. The van der Waals surface area contributed by atoms with Crippen LogP contribution in [0.3, 0.4) is 0 Å². The lowest BCUT2D eigenvalue weighted by Gasteiger charge is -2.27. The molecular weight excluding hydrogens is 411 g/mol. The zero-order valence-electron chi connectivity index (χ0n) is 18.0. The Bertz CT molecular complexity index is 1250. The first-order valence-electron chi connectivity index (χ1n) is 10.2. The Morgan fingerprint density at radius 2 is 1.97 bits per heavy atom. The van der Waals surface area contributed by atoms with Crippen molar-refractivity contribution in [3.63, 3.8) is 0 Å². The van der Waals surface area contributed by atoms with Crippen LogP contribution in [0, 0.1) is 5.82 Å². The van der Waals surface area contributed by atoms with Gasteiger partial charge in [0.1, 0.15) is 17.3 Å². The first kappa shape index (κ1) is 21.4. The van der Waals surface area contributed by atoms with Gasteiger partial charge in [-0.05, 0) is 24.1 Å². The third kappa shape index (κ3) is 4.01. The number of anilines is 1. The first-order valence-corrected chi connectivity index (χ1v) is 10.2. The number of aromatic nitrogens is 5. The van der Waals surface area contributed by atoms with Crippen molar-refractivity contribution >= 4 is 17.9 Å². The van der Waals surface area contributed by atoms with Crippen LogP contribution in [-0.4, -0.2) is 37.4 Å². The Morgan fingerprint density at radius 3 is 2.69 bits per heavy atom. The van der Waals surface area contributed by atoms with Crippen LogP contribution in [0.1, 0.15) is 38.3 Å². The van der Waals surface area contributed by atoms with Crippen molar-refractivity contribution in [2.24, 2.45) is 0 Å². The molecule has 4 rings (SSSR count). The lowest BCUT2D eigenvalue weighted by molar-refractivity contribution is -0.105. The van der Waals surface area contributed by atoms with Crippen LogP contribution < -0.4 is 10.1 Å². The van der Waals surface area contributed by atoms with Crippen molar-refractivity contribution in [3.8, 4) is 17.4 Å². The summed E-state index contributed by atoms with van der Waals surface area (Å²) < 4.78 is 21.0. The summed E-state index contributed by atoms with van der Waals surface area (Å²) in [6.07, 6.45) is 8.26. The average Bonchev–Trinajstić information content (AvgIpc) is 3.27. The fourth-order valence-corrected chi connectivity index (χ4v) is 3.46. The molecule has 1 aromatic carbocycles. The summed E-state index contributed by atoms with van der Waals surface area (Å²) in [6.45, 7) is 6.43. The Hall–Kier alpha value is -3.88. The maximum atomic E-state index is 13.4. The number of benzene rings is 1. The van der Waals surface area contributed by atoms with Crippen LogP contribution in [0.25, 0.3) is 17.2 Å². The number of carbonyl (C=O) groups is 1. The Labute approximate surface area is 184 Å². The highest BCUT2D eigenvalue weighted by atomic mass is 19.1. The molecule has 0 bridgehead atoms. The molecule has 0 aliphatic heterocycles. The predicted molar refractivity (Wildman–Crippen MR) is 118 cm³/mol. The molecule has 3 heterocycles. The van der Waals surface area contributed by atoms with E-state index in [0.29, 0.717) is 47.4 Å². The van der Waals surface area contributed by atoms with Crippen molar-refractivity contribution in [1.29, 1.82) is 0 Å². The summed E-state index contributed by atoms with van der Waals surface area (Å²) in [4.78, 5) is 29.3. The van der Waals surface area contributed by atoms with Gasteiger partial charge in [-0.2, -0.15) is 0 Å². The normalized spacial score (nSPS) is 11.5. The van der Waals surface area contributed by atoms with E-state index in [2.05, 4.69) is 25.3 Å². The van der Waals surface area contributed by atoms with E-state index in [9.17, 15) is 9.18 Å². The lowest BCUT2D eigenvalue weighted by Crippen LogP contribution is -2.22. The molecule has 1 N–H and O–H groups in total. The molecule has 0 aliphatic rings. The molecule has 4 aromatic rings. The summed E-state index contributed by atoms with van der Waals surface area (Å²) in [5, 5.41) is 2.67. The largest absolute Gasteiger partial charge is 0.475 e. The molecule has 9 heteroatoms. The zero-order chi connectivity index (χ0) is 22.7. The highest BCUT2D eigenvalue weighted by Gasteiger charge is 2.28. The third-order valence-electron chi connectivity index (χ3n) is 5.24. The molecule has 0 radical (unpaired) electrons. The number of rotatable bonds is 8. The second-order valence-corrected chi connectivity index (χ2v) is 7.79. The quantitative estimate of drug-likeness (QED) is 0.421. The molecule has 0 spiro atoms. The second-order valence-electron chi connectivity index (χ2n) is 7.79. The minimum Gasteiger partial charge on any atom is -0.475 e. The van der Waals surface area contributed by atoms with Crippen molar-refractivity contribution in [2.75, 3.05) is 11.9 Å². The van der Waals surface area contributed by atoms with E-state index in [-0.39, 0.29) is 5.82 Å².